The number of nitrogens with zero attached hydrogens (tertiary/aromatic N) is 1. The van der Waals surface area contributed by atoms with Crippen LogP contribution in [0.1, 0.15) is 15.9 Å². The zero-order valence-corrected chi connectivity index (χ0v) is 14.6. The van der Waals surface area contributed by atoms with Crippen molar-refractivity contribution in [2.45, 2.75) is 6.92 Å². The zero-order valence-electron chi connectivity index (χ0n) is 11.4. The van der Waals surface area contributed by atoms with Crippen molar-refractivity contribution in [1.82, 2.24) is 4.98 Å². The van der Waals surface area contributed by atoms with Crippen LogP contribution in [-0.4, -0.2) is 25.6 Å². The highest BCUT2D eigenvalue weighted by atomic mass is 79.9. The molecule has 0 bridgehead atoms. The maximum atomic E-state index is 12.9. The zero-order chi connectivity index (χ0) is 16.5. The number of aromatic nitrogens is 1. The molecule has 1 aromatic carbocycles. The summed E-state index contributed by atoms with van der Waals surface area (Å²) < 4.78 is 40.9. The Labute approximate surface area is 138 Å². The number of nitrogens with one attached hydrogen (secondary N) is 1. The van der Waals surface area contributed by atoms with Crippen molar-refractivity contribution in [2.75, 3.05) is 11.6 Å². The van der Waals surface area contributed by atoms with E-state index in [1.54, 1.807) is 6.92 Å². The minimum absolute atomic E-state index is 0.00160. The van der Waals surface area contributed by atoms with Gasteiger partial charge in [-0.3, -0.25) is 10.1 Å². The SMILES string of the molecule is Cc1cc(C(=O)Nc2ncc(F)s2)c(OS(C)(=O)=O)cc1Br. The molecular formula is C12H10BrFN2O4S2. The Balaban J connectivity index is 2.39. The van der Waals surface area contributed by atoms with Crippen molar-refractivity contribution < 1.29 is 21.8 Å². The van der Waals surface area contributed by atoms with Crippen LogP contribution in [0.5, 0.6) is 5.75 Å². The molecular weight excluding hydrogens is 399 g/mol. The largest absolute Gasteiger partial charge is 0.382 e. The van der Waals surface area contributed by atoms with Crippen molar-refractivity contribution in [3.8, 4) is 5.75 Å². The first-order chi connectivity index (χ1) is 10.2. The summed E-state index contributed by atoms with van der Waals surface area (Å²) in [6.45, 7) is 1.73. The third kappa shape index (κ3) is 4.24. The number of rotatable bonds is 4. The lowest BCUT2D eigenvalue weighted by Gasteiger charge is -2.11. The second kappa shape index (κ2) is 6.31. The van der Waals surface area contributed by atoms with Gasteiger partial charge in [-0.1, -0.05) is 27.3 Å². The highest BCUT2D eigenvalue weighted by molar-refractivity contribution is 9.10. The molecule has 0 saturated carbocycles. The Morgan fingerprint density at radius 3 is 2.68 bits per heavy atom. The molecule has 0 aliphatic rings. The van der Waals surface area contributed by atoms with Crippen LogP contribution < -0.4 is 9.50 Å². The van der Waals surface area contributed by atoms with Gasteiger partial charge in [0.1, 0.15) is 0 Å². The van der Waals surface area contributed by atoms with E-state index in [-0.39, 0.29) is 16.4 Å². The average molecular weight is 409 g/mol. The molecule has 1 heterocycles. The number of hydrogen-bond donors (Lipinski definition) is 1. The van der Waals surface area contributed by atoms with Gasteiger partial charge in [-0.2, -0.15) is 12.8 Å². The van der Waals surface area contributed by atoms with Gasteiger partial charge >= 0.3 is 10.1 Å². The van der Waals surface area contributed by atoms with E-state index in [4.69, 9.17) is 4.18 Å². The summed E-state index contributed by atoms with van der Waals surface area (Å²) in [6, 6.07) is 2.84. The number of carbonyl (C=O) groups is 1. The summed E-state index contributed by atoms with van der Waals surface area (Å²) >= 11 is 3.90. The first-order valence-corrected chi connectivity index (χ1v) is 9.20. The quantitative estimate of drug-likeness (QED) is 0.785. The third-order valence-electron chi connectivity index (χ3n) is 2.44. The molecule has 0 unspecified atom stereocenters. The molecule has 1 amide bonds. The fourth-order valence-electron chi connectivity index (χ4n) is 1.55. The van der Waals surface area contributed by atoms with E-state index in [2.05, 4.69) is 26.2 Å². The number of hydrogen-bond acceptors (Lipinski definition) is 6. The Kier molecular flexibility index (Phi) is 4.83. The van der Waals surface area contributed by atoms with Gasteiger partial charge in [0, 0.05) is 4.47 Å². The van der Waals surface area contributed by atoms with Crippen molar-refractivity contribution in [1.29, 1.82) is 0 Å². The van der Waals surface area contributed by atoms with E-state index in [1.165, 1.54) is 12.1 Å². The minimum atomic E-state index is -3.81. The molecule has 0 radical (unpaired) electrons. The number of anilines is 1. The molecule has 2 aromatic rings. The van der Waals surface area contributed by atoms with Crippen LogP contribution in [-0.2, 0) is 10.1 Å². The lowest BCUT2D eigenvalue weighted by molar-refractivity contribution is 0.102. The van der Waals surface area contributed by atoms with E-state index < -0.39 is 21.2 Å². The highest BCUT2D eigenvalue weighted by Gasteiger charge is 2.19. The number of carbonyl (C=O) groups excluding carboxylic acids is 1. The molecule has 0 fully saturated rings. The van der Waals surface area contributed by atoms with Crippen molar-refractivity contribution in [3.05, 3.63) is 39.1 Å². The summed E-state index contributed by atoms with van der Waals surface area (Å²) in [5.41, 5.74) is 0.707. The molecule has 0 aliphatic heterocycles. The van der Waals surface area contributed by atoms with Gasteiger partial charge in [-0.05, 0) is 24.6 Å². The Morgan fingerprint density at radius 1 is 1.45 bits per heavy atom. The fraction of sp³-hybridized carbons (Fsp3) is 0.167. The van der Waals surface area contributed by atoms with E-state index in [0.717, 1.165) is 12.5 Å². The van der Waals surface area contributed by atoms with Crippen molar-refractivity contribution in [2.24, 2.45) is 0 Å². The first kappa shape index (κ1) is 16.8. The Morgan fingerprint density at radius 2 is 2.14 bits per heavy atom. The monoisotopic (exact) mass is 408 g/mol. The van der Waals surface area contributed by atoms with Gasteiger partial charge in [0.15, 0.2) is 16.0 Å². The molecule has 1 aromatic heterocycles. The van der Waals surface area contributed by atoms with Crippen LogP contribution in [0.3, 0.4) is 0 Å². The summed E-state index contributed by atoms with van der Waals surface area (Å²) in [5, 5.41) is 1.91. The average Bonchev–Trinajstić information content (AvgIpc) is 2.77. The summed E-state index contributed by atoms with van der Waals surface area (Å²) in [5.74, 6) is -0.780. The third-order valence-corrected chi connectivity index (χ3v) is 4.48. The molecule has 1 N–H and O–H groups in total. The van der Waals surface area contributed by atoms with E-state index in [1.807, 2.05) is 0 Å². The van der Waals surface area contributed by atoms with Crippen molar-refractivity contribution in [3.63, 3.8) is 0 Å². The van der Waals surface area contributed by atoms with Crippen LogP contribution in [0.15, 0.2) is 22.8 Å². The number of thiazole rings is 1. The molecule has 2 rings (SSSR count). The number of benzene rings is 1. The van der Waals surface area contributed by atoms with Gasteiger partial charge in [-0.15, -0.1) is 0 Å². The van der Waals surface area contributed by atoms with Gasteiger partial charge < -0.3 is 4.18 Å². The number of amides is 1. The van der Waals surface area contributed by atoms with Crippen LogP contribution >= 0.6 is 27.3 Å². The molecule has 0 saturated heterocycles. The summed E-state index contributed by atoms with van der Waals surface area (Å²) in [4.78, 5) is 15.9. The normalized spacial score (nSPS) is 11.3. The van der Waals surface area contributed by atoms with Gasteiger partial charge in [0.05, 0.1) is 18.0 Å². The minimum Gasteiger partial charge on any atom is -0.382 e. The van der Waals surface area contributed by atoms with Crippen LogP contribution in [0.2, 0.25) is 0 Å². The van der Waals surface area contributed by atoms with E-state index >= 15 is 0 Å². The van der Waals surface area contributed by atoms with Gasteiger partial charge in [0.25, 0.3) is 5.91 Å². The maximum absolute atomic E-state index is 12.9. The molecule has 0 atom stereocenters. The van der Waals surface area contributed by atoms with Gasteiger partial charge in [-0.25, -0.2) is 4.98 Å². The van der Waals surface area contributed by atoms with Crippen LogP contribution in [0.25, 0.3) is 0 Å². The Hall–Kier alpha value is -1.52. The molecule has 118 valence electrons. The summed E-state index contributed by atoms with van der Waals surface area (Å²) in [6.07, 6.45) is 1.85. The smallest absolute Gasteiger partial charge is 0.306 e. The molecule has 6 nitrogen and oxygen atoms in total. The standard InChI is InChI=1S/C12H10BrFN2O4S2/c1-6-3-7(9(4-8(6)13)20-22(2,18)19)11(17)16-12-15-5-10(14)21-12/h3-5H,1-2H3,(H,15,16,17). The number of aryl methyl sites for hydroxylation is 1. The second-order valence-electron chi connectivity index (χ2n) is 4.31. The molecule has 10 heteroatoms. The Bertz CT molecular complexity index is 836. The topological polar surface area (TPSA) is 85.4 Å². The van der Waals surface area contributed by atoms with Crippen LogP contribution in [0, 0.1) is 12.1 Å². The van der Waals surface area contributed by atoms with E-state index in [9.17, 15) is 17.6 Å². The maximum Gasteiger partial charge on any atom is 0.306 e. The van der Waals surface area contributed by atoms with Crippen molar-refractivity contribution >= 4 is 48.4 Å². The predicted octanol–water partition coefficient (Wildman–Crippen LogP) is 2.94. The molecule has 0 spiro atoms. The fourth-order valence-corrected chi connectivity index (χ4v) is 2.88. The van der Waals surface area contributed by atoms with Gasteiger partial charge in [0.2, 0.25) is 0 Å². The molecule has 0 aliphatic carbocycles. The predicted molar refractivity (Wildman–Crippen MR) is 84.4 cm³/mol. The lowest BCUT2D eigenvalue weighted by atomic mass is 10.1. The highest BCUT2D eigenvalue weighted by Crippen LogP contribution is 2.29. The second-order valence-corrected chi connectivity index (χ2v) is 7.72. The summed E-state index contributed by atoms with van der Waals surface area (Å²) in [7, 11) is -3.81. The lowest BCUT2D eigenvalue weighted by Crippen LogP contribution is -2.16. The van der Waals surface area contributed by atoms with E-state index in [0.29, 0.717) is 21.4 Å². The molecule has 22 heavy (non-hydrogen) atoms. The number of halogens is 2. The van der Waals surface area contributed by atoms with Crippen LogP contribution in [0.4, 0.5) is 9.52 Å². The first-order valence-electron chi connectivity index (χ1n) is 5.78.